The maximum atomic E-state index is 12.5. The zero-order valence-corrected chi connectivity index (χ0v) is 18.6. The van der Waals surface area contributed by atoms with Crippen LogP contribution in [0.4, 0.5) is 0 Å². The third-order valence-electron chi connectivity index (χ3n) is 6.06. The number of fused-ring (bicyclic) bond motifs is 1. The van der Waals surface area contributed by atoms with Gasteiger partial charge < -0.3 is 9.84 Å². The third kappa shape index (κ3) is 4.10. The number of benzene rings is 2. The van der Waals surface area contributed by atoms with Crippen molar-refractivity contribution < 1.29 is 19.8 Å². The lowest BCUT2D eigenvalue weighted by Gasteiger charge is -2.35. The van der Waals surface area contributed by atoms with Gasteiger partial charge in [0.15, 0.2) is 5.75 Å². The summed E-state index contributed by atoms with van der Waals surface area (Å²) >= 11 is 0. The van der Waals surface area contributed by atoms with Crippen molar-refractivity contribution in [1.82, 2.24) is 20.3 Å². The Balaban J connectivity index is 1.46. The van der Waals surface area contributed by atoms with Crippen LogP contribution in [0.15, 0.2) is 67.0 Å². The highest BCUT2D eigenvalue weighted by Crippen LogP contribution is 2.36. The van der Waals surface area contributed by atoms with Crippen LogP contribution in [0.3, 0.4) is 0 Å². The molecule has 0 saturated carbocycles. The molecule has 5 rings (SSSR count). The summed E-state index contributed by atoms with van der Waals surface area (Å²) in [7, 11) is 1.47. The first-order valence-electron chi connectivity index (χ1n) is 10.9. The van der Waals surface area contributed by atoms with E-state index in [2.05, 4.69) is 34.1 Å². The van der Waals surface area contributed by atoms with E-state index in [1.807, 2.05) is 24.3 Å². The average Bonchev–Trinajstić information content (AvgIpc) is 2.86. The summed E-state index contributed by atoms with van der Waals surface area (Å²) in [5, 5.41) is 19.2. The number of ether oxygens (including phenoxy) is 1. The van der Waals surface area contributed by atoms with Crippen molar-refractivity contribution in [1.29, 1.82) is 0 Å². The van der Waals surface area contributed by atoms with E-state index in [1.54, 1.807) is 17.7 Å². The molecule has 1 amide bonds. The maximum Gasteiger partial charge on any atom is 0.279 e. The number of hydrogen-bond acceptors (Lipinski definition) is 7. The summed E-state index contributed by atoms with van der Waals surface area (Å²) in [6.07, 6.45) is 2.93. The zero-order valence-electron chi connectivity index (χ0n) is 18.6. The summed E-state index contributed by atoms with van der Waals surface area (Å²) in [6, 6.07) is 18.0. The quantitative estimate of drug-likeness (QED) is 0.302. The van der Waals surface area contributed by atoms with E-state index < -0.39 is 5.91 Å². The van der Waals surface area contributed by atoms with Gasteiger partial charge in [0, 0.05) is 43.0 Å². The molecule has 0 atom stereocenters. The monoisotopic (exact) mass is 456 g/mol. The first-order chi connectivity index (χ1) is 16.6. The van der Waals surface area contributed by atoms with Gasteiger partial charge in [0.05, 0.1) is 24.3 Å². The fourth-order valence-corrected chi connectivity index (χ4v) is 4.32. The number of amides is 1. The summed E-state index contributed by atoms with van der Waals surface area (Å²) in [4.78, 5) is 23.4. The Morgan fingerprint density at radius 2 is 1.71 bits per heavy atom. The molecule has 8 heteroatoms. The normalized spacial score (nSPS) is 14.1. The minimum Gasteiger partial charge on any atom is -0.494 e. The van der Waals surface area contributed by atoms with Crippen molar-refractivity contribution in [3.05, 3.63) is 78.1 Å². The Morgan fingerprint density at radius 1 is 1.06 bits per heavy atom. The van der Waals surface area contributed by atoms with Crippen LogP contribution in [0, 0.1) is 0 Å². The second-order valence-electron chi connectivity index (χ2n) is 8.32. The molecule has 8 nitrogen and oxygen atoms in total. The van der Waals surface area contributed by atoms with Gasteiger partial charge in [0.25, 0.3) is 5.91 Å². The Hall–Kier alpha value is -3.85. The molecule has 0 aliphatic carbocycles. The number of aliphatic hydroxyl groups is 1. The lowest BCUT2D eigenvalue weighted by Crippen LogP contribution is -2.49. The van der Waals surface area contributed by atoms with Crippen LogP contribution >= 0.6 is 0 Å². The molecule has 0 unspecified atom stereocenters. The predicted molar refractivity (Wildman–Crippen MR) is 127 cm³/mol. The average molecular weight is 457 g/mol. The molecule has 3 N–H and O–H groups in total. The van der Waals surface area contributed by atoms with Crippen molar-refractivity contribution in [2.75, 3.05) is 20.2 Å². The van der Waals surface area contributed by atoms with Crippen LogP contribution in [0.25, 0.3) is 33.3 Å². The van der Waals surface area contributed by atoms with Gasteiger partial charge in [0.2, 0.25) is 0 Å². The van der Waals surface area contributed by atoms with Crippen molar-refractivity contribution in [3.63, 3.8) is 0 Å². The largest absolute Gasteiger partial charge is 0.494 e. The van der Waals surface area contributed by atoms with E-state index in [0.717, 1.165) is 36.3 Å². The van der Waals surface area contributed by atoms with Gasteiger partial charge in [-0.15, -0.1) is 0 Å². The molecular weight excluding hydrogens is 432 g/mol. The first-order valence-corrected chi connectivity index (χ1v) is 10.9. The fourth-order valence-electron chi connectivity index (χ4n) is 4.32. The van der Waals surface area contributed by atoms with Crippen LogP contribution in [0.1, 0.15) is 15.9 Å². The van der Waals surface area contributed by atoms with Crippen molar-refractivity contribution in [2.24, 2.45) is 0 Å². The van der Waals surface area contributed by atoms with E-state index in [4.69, 9.17) is 9.72 Å². The van der Waals surface area contributed by atoms with Crippen LogP contribution in [0.2, 0.25) is 0 Å². The number of aliphatic hydroxyl groups excluding tert-OH is 1. The van der Waals surface area contributed by atoms with Gasteiger partial charge in [-0.2, -0.15) is 0 Å². The smallest absolute Gasteiger partial charge is 0.279 e. The molecular formula is C26H24N4O4. The molecule has 2 aromatic carbocycles. The van der Waals surface area contributed by atoms with Crippen LogP contribution < -0.4 is 10.2 Å². The van der Waals surface area contributed by atoms with E-state index in [9.17, 15) is 15.1 Å². The molecule has 1 fully saturated rings. The predicted octanol–water partition coefficient (Wildman–Crippen LogP) is 3.27. The molecule has 3 heterocycles. The number of methoxy groups -OCH3 is 1. The second-order valence-corrected chi connectivity index (χ2v) is 8.32. The van der Waals surface area contributed by atoms with Gasteiger partial charge in [-0.3, -0.25) is 19.9 Å². The second kappa shape index (κ2) is 9.18. The molecule has 0 bridgehead atoms. The molecule has 1 aliphatic rings. The Labute approximate surface area is 196 Å². The maximum absolute atomic E-state index is 12.5. The molecule has 0 spiro atoms. The number of aromatic nitrogens is 2. The van der Waals surface area contributed by atoms with Gasteiger partial charge >= 0.3 is 0 Å². The highest BCUT2D eigenvalue weighted by atomic mass is 16.5. The zero-order chi connectivity index (χ0) is 23.7. The van der Waals surface area contributed by atoms with Gasteiger partial charge in [-0.25, -0.2) is 10.5 Å². The number of pyridine rings is 2. The number of hydrogen-bond donors (Lipinski definition) is 3. The molecule has 0 radical (unpaired) electrons. The van der Waals surface area contributed by atoms with Gasteiger partial charge in [-0.1, -0.05) is 48.5 Å². The number of hydroxylamine groups is 1. The van der Waals surface area contributed by atoms with E-state index >= 15 is 0 Å². The minimum atomic E-state index is -0.692. The number of carbonyl (C=O) groups is 1. The van der Waals surface area contributed by atoms with Crippen LogP contribution in [0.5, 0.6) is 5.75 Å². The lowest BCUT2D eigenvalue weighted by molar-refractivity contribution is -0.00286. The van der Waals surface area contributed by atoms with E-state index in [1.165, 1.54) is 18.9 Å². The topological polar surface area (TPSA) is 108 Å². The van der Waals surface area contributed by atoms with Gasteiger partial charge in [-0.05, 0) is 22.8 Å². The van der Waals surface area contributed by atoms with Crippen molar-refractivity contribution >= 4 is 16.8 Å². The van der Waals surface area contributed by atoms with E-state index in [0.29, 0.717) is 16.6 Å². The standard InChI is InChI=1S/C26H24N4O4/c1-34-25-23(26(32)29-33)21-12-27-11-10-22(21)28-24(25)19-8-6-18(7-9-19)17-4-2-16(3-5-17)13-30-14-20(31)15-30/h2-12,20,31,33H,13-15H2,1H3,(H,29,32). The number of nitrogens with one attached hydrogen (secondary N) is 1. The number of likely N-dealkylation sites (tertiary alicyclic amines) is 1. The summed E-state index contributed by atoms with van der Waals surface area (Å²) in [5.74, 6) is -0.428. The lowest BCUT2D eigenvalue weighted by atomic mass is 9.99. The molecule has 172 valence electrons. The number of β-amino-alcohol motifs (C(OH)–C–C–N with tert-alkyl or cyclic N) is 1. The molecule has 4 aromatic rings. The summed E-state index contributed by atoms with van der Waals surface area (Å²) in [5.41, 5.74) is 7.06. The van der Waals surface area contributed by atoms with Crippen molar-refractivity contribution in [2.45, 2.75) is 12.6 Å². The highest BCUT2D eigenvalue weighted by molar-refractivity contribution is 6.09. The first kappa shape index (κ1) is 22.0. The number of rotatable bonds is 6. The Bertz CT molecular complexity index is 1330. The molecule has 1 saturated heterocycles. The summed E-state index contributed by atoms with van der Waals surface area (Å²) in [6.45, 7) is 2.30. The van der Waals surface area contributed by atoms with Crippen molar-refractivity contribution in [3.8, 4) is 28.1 Å². The SMILES string of the molecule is COc1c(-c2ccc(-c3ccc(CN4CC(O)C4)cc3)cc2)nc2ccncc2c1C(=O)NO. The van der Waals surface area contributed by atoms with Crippen LogP contribution in [-0.2, 0) is 6.54 Å². The fraction of sp³-hybridized carbons (Fsp3) is 0.192. The van der Waals surface area contributed by atoms with Crippen LogP contribution in [-0.4, -0.2) is 57.4 Å². The van der Waals surface area contributed by atoms with Gasteiger partial charge in [0.1, 0.15) is 5.69 Å². The number of carbonyl (C=O) groups excluding carboxylic acids is 1. The Morgan fingerprint density at radius 3 is 2.32 bits per heavy atom. The molecule has 2 aromatic heterocycles. The molecule has 1 aliphatic heterocycles. The third-order valence-corrected chi connectivity index (χ3v) is 6.06. The molecule has 34 heavy (non-hydrogen) atoms. The summed E-state index contributed by atoms with van der Waals surface area (Å²) < 4.78 is 5.56. The Kier molecular flexibility index (Phi) is 5.93. The highest BCUT2D eigenvalue weighted by Gasteiger charge is 2.24. The number of nitrogens with zero attached hydrogens (tertiary/aromatic N) is 3. The minimum absolute atomic E-state index is 0.174. The van der Waals surface area contributed by atoms with E-state index in [-0.39, 0.29) is 17.4 Å².